The van der Waals surface area contributed by atoms with Crippen LogP contribution in [0.1, 0.15) is 18.5 Å². The number of aromatic nitrogens is 2. The zero-order valence-corrected chi connectivity index (χ0v) is 9.82. The monoisotopic (exact) mass is 208 g/mol. The molecular formula is C11H20N4. The number of nitrogens with one attached hydrogen (secondary N) is 1. The molecule has 1 aromatic heterocycles. The molecular weight excluding hydrogens is 188 g/mol. The Morgan fingerprint density at radius 3 is 2.73 bits per heavy atom. The molecule has 0 spiro atoms. The van der Waals surface area contributed by atoms with Gasteiger partial charge in [0.2, 0.25) is 0 Å². The van der Waals surface area contributed by atoms with Crippen LogP contribution in [-0.2, 0) is 0 Å². The van der Waals surface area contributed by atoms with Gasteiger partial charge < -0.3 is 10.2 Å². The normalized spacial score (nSPS) is 10.7. The second-order valence-corrected chi connectivity index (χ2v) is 3.98. The molecule has 0 aliphatic heterocycles. The highest BCUT2D eigenvalue weighted by molar-refractivity contribution is 5.33. The van der Waals surface area contributed by atoms with Gasteiger partial charge in [-0.25, -0.2) is 9.97 Å². The lowest BCUT2D eigenvalue weighted by molar-refractivity contribution is 0.396. The van der Waals surface area contributed by atoms with Gasteiger partial charge >= 0.3 is 0 Å². The van der Waals surface area contributed by atoms with Crippen LogP contribution in [-0.4, -0.2) is 42.1 Å². The van der Waals surface area contributed by atoms with Crippen molar-refractivity contribution >= 4 is 5.82 Å². The zero-order chi connectivity index (χ0) is 11.1. The van der Waals surface area contributed by atoms with Crippen LogP contribution in [0.2, 0.25) is 0 Å². The molecule has 4 heteroatoms. The van der Waals surface area contributed by atoms with Gasteiger partial charge in [-0.2, -0.15) is 0 Å². The third-order valence-corrected chi connectivity index (χ3v) is 2.14. The summed E-state index contributed by atoms with van der Waals surface area (Å²) in [6.07, 6.45) is 3.97. The van der Waals surface area contributed by atoms with Crippen LogP contribution in [0.4, 0.5) is 5.82 Å². The molecule has 0 saturated heterocycles. The summed E-state index contributed by atoms with van der Waals surface area (Å²) in [7, 11) is 4.20. The Kier molecular flexibility index (Phi) is 5.04. The number of aryl methyl sites for hydroxylation is 1. The fourth-order valence-electron chi connectivity index (χ4n) is 1.32. The number of rotatable bonds is 6. The van der Waals surface area contributed by atoms with E-state index in [0.29, 0.717) is 0 Å². The first-order valence-corrected chi connectivity index (χ1v) is 5.36. The fourth-order valence-corrected chi connectivity index (χ4v) is 1.32. The van der Waals surface area contributed by atoms with E-state index in [1.54, 1.807) is 6.33 Å². The number of hydrogen-bond acceptors (Lipinski definition) is 4. The van der Waals surface area contributed by atoms with E-state index in [9.17, 15) is 0 Å². The zero-order valence-electron chi connectivity index (χ0n) is 9.82. The second kappa shape index (κ2) is 6.35. The predicted octanol–water partition coefficient (Wildman–Crippen LogP) is 1.54. The summed E-state index contributed by atoms with van der Waals surface area (Å²) in [6.45, 7) is 4.09. The molecule has 0 aliphatic rings. The van der Waals surface area contributed by atoms with Crippen molar-refractivity contribution < 1.29 is 0 Å². The van der Waals surface area contributed by atoms with E-state index in [-0.39, 0.29) is 0 Å². The molecule has 0 unspecified atom stereocenters. The van der Waals surface area contributed by atoms with Crippen LogP contribution in [0, 0.1) is 6.92 Å². The Hall–Kier alpha value is -1.16. The molecule has 1 aromatic rings. The highest BCUT2D eigenvalue weighted by Crippen LogP contribution is 2.02. The molecule has 0 bridgehead atoms. The number of hydrogen-bond donors (Lipinski definition) is 1. The first-order valence-electron chi connectivity index (χ1n) is 5.36. The predicted molar refractivity (Wildman–Crippen MR) is 63.0 cm³/mol. The van der Waals surface area contributed by atoms with Gasteiger partial charge in [-0.3, -0.25) is 0 Å². The molecule has 0 radical (unpaired) electrons. The van der Waals surface area contributed by atoms with Crippen LogP contribution in [0.15, 0.2) is 12.4 Å². The Morgan fingerprint density at radius 2 is 2.07 bits per heavy atom. The smallest absolute Gasteiger partial charge is 0.129 e. The topological polar surface area (TPSA) is 41.0 Å². The maximum atomic E-state index is 4.14. The van der Waals surface area contributed by atoms with E-state index >= 15 is 0 Å². The van der Waals surface area contributed by atoms with Crippen molar-refractivity contribution in [3.05, 3.63) is 18.1 Å². The van der Waals surface area contributed by atoms with Crippen LogP contribution in [0.25, 0.3) is 0 Å². The average molecular weight is 208 g/mol. The highest BCUT2D eigenvalue weighted by Gasteiger charge is 1.94. The van der Waals surface area contributed by atoms with Crippen molar-refractivity contribution in [1.29, 1.82) is 0 Å². The maximum absolute atomic E-state index is 4.14. The van der Waals surface area contributed by atoms with Gasteiger partial charge in [0, 0.05) is 18.3 Å². The third kappa shape index (κ3) is 5.32. The van der Waals surface area contributed by atoms with Crippen molar-refractivity contribution in [2.24, 2.45) is 0 Å². The molecule has 15 heavy (non-hydrogen) atoms. The van der Waals surface area contributed by atoms with Crippen molar-refractivity contribution in [1.82, 2.24) is 14.9 Å². The average Bonchev–Trinajstić information content (AvgIpc) is 2.17. The van der Waals surface area contributed by atoms with Gasteiger partial charge in [0.1, 0.15) is 12.1 Å². The second-order valence-electron chi connectivity index (χ2n) is 3.98. The third-order valence-electron chi connectivity index (χ3n) is 2.14. The molecule has 0 aliphatic carbocycles. The quantitative estimate of drug-likeness (QED) is 0.720. The van der Waals surface area contributed by atoms with Crippen molar-refractivity contribution in [2.45, 2.75) is 19.8 Å². The van der Waals surface area contributed by atoms with Crippen LogP contribution >= 0.6 is 0 Å². The maximum Gasteiger partial charge on any atom is 0.129 e. The Balaban J connectivity index is 2.15. The summed E-state index contributed by atoms with van der Waals surface area (Å²) in [5.74, 6) is 0.923. The van der Waals surface area contributed by atoms with Crippen LogP contribution < -0.4 is 5.32 Å². The molecule has 1 rings (SSSR count). The van der Waals surface area contributed by atoms with E-state index in [4.69, 9.17) is 0 Å². The van der Waals surface area contributed by atoms with E-state index in [0.717, 1.165) is 24.6 Å². The molecule has 1 heterocycles. The minimum Gasteiger partial charge on any atom is -0.370 e. The Labute approximate surface area is 91.7 Å². The number of unbranched alkanes of at least 4 members (excludes halogenated alkanes) is 1. The van der Waals surface area contributed by atoms with Gasteiger partial charge in [0.15, 0.2) is 0 Å². The summed E-state index contributed by atoms with van der Waals surface area (Å²) in [5.41, 5.74) is 1.00. The van der Waals surface area contributed by atoms with Gasteiger partial charge in [0.25, 0.3) is 0 Å². The lowest BCUT2D eigenvalue weighted by atomic mass is 10.3. The highest BCUT2D eigenvalue weighted by atomic mass is 15.0. The first kappa shape index (κ1) is 11.9. The van der Waals surface area contributed by atoms with E-state index in [1.165, 1.54) is 12.8 Å². The summed E-state index contributed by atoms with van der Waals surface area (Å²) >= 11 is 0. The lowest BCUT2D eigenvalue weighted by Gasteiger charge is -2.09. The number of anilines is 1. The van der Waals surface area contributed by atoms with Gasteiger partial charge in [-0.1, -0.05) is 0 Å². The first-order chi connectivity index (χ1) is 7.18. The van der Waals surface area contributed by atoms with Gasteiger partial charge in [0.05, 0.1) is 0 Å². The number of nitrogens with zero attached hydrogens (tertiary/aromatic N) is 3. The van der Waals surface area contributed by atoms with Crippen LogP contribution in [0.3, 0.4) is 0 Å². The van der Waals surface area contributed by atoms with Gasteiger partial charge in [-0.05, 0) is 40.4 Å². The molecule has 1 N–H and O–H groups in total. The fraction of sp³-hybridized carbons (Fsp3) is 0.636. The largest absolute Gasteiger partial charge is 0.370 e. The molecule has 0 amide bonds. The minimum absolute atomic E-state index is 0.923. The summed E-state index contributed by atoms with van der Waals surface area (Å²) in [5, 5.41) is 3.29. The molecule has 0 atom stereocenters. The SMILES string of the molecule is Cc1cc(NCCCCN(C)C)ncn1. The van der Waals surface area contributed by atoms with Crippen LogP contribution in [0.5, 0.6) is 0 Å². The molecule has 0 fully saturated rings. The van der Waals surface area contributed by atoms with Crippen molar-refractivity contribution in [3.8, 4) is 0 Å². The van der Waals surface area contributed by atoms with E-state index in [2.05, 4.69) is 34.3 Å². The lowest BCUT2D eigenvalue weighted by Crippen LogP contribution is -2.14. The molecule has 84 valence electrons. The Morgan fingerprint density at radius 1 is 1.27 bits per heavy atom. The molecule has 0 saturated carbocycles. The van der Waals surface area contributed by atoms with Crippen molar-refractivity contribution in [3.63, 3.8) is 0 Å². The molecule has 4 nitrogen and oxygen atoms in total. The van der Waals surface area contributed by atoms with Crippen molar-refractivity contribution in [2.75, 3.05) is 32.5 Å². The van der Waals surface area contributed by atoms with Gasteiger partial charge in [-0.15, -0.1) is 0 Å². The summed E-state index contributed by atoms with van der Waals surface area (Å²) < 4.78 is 0. The summed E-state index contributed by atoms with van der Waals surface area (Å²) in [4.78, 5) is 10.4. The van der Waals surface area contributed by atoms with E-state index < -0.39 is 0 Å². The standard InChI is InChI=1S/C11H20N4/c1-10-8-11(14-9-13-10)12-6-4-5-7-15(2)3/h8-9H,4-7H2,1-3H3,(H,12,13,14). The molecule has 0 aromatic carbocycles. The van der Waals surface area contributed by atoms with E-state index in [1.807, 2.05) is 13.0 Å². The summed E-state index contributed by atoms with van der Waals surface area (Å²) in [6, 6.07) is 1.96. The minimum atomic E-state index is 0.923. The Bertz CT molecular complexity index is 286.